The Morgan fingerprint density at radius 3 is 2.52 bits per heavy atom. The molecule has 1 aliphatic rings. The van der Waals surface area contributed by atoms with Gasteiger partial charge in [-0.3, -0.25) is 9.59 Å². The summed E-state index contributed by atoms with van der Waals surface area (Å²) < 4.78 is 18.9. The Labute approximate surface area is 174 Å². The molecule has 1 unspecified atom stereocenters. The van der Waals surface area contributed by atoms with Gasteiger partial charge in [0.15, 0.2) is 6.10 Å². The van der Waals surface area contributed by atoms with Crippen LogP contribution in [-0.4, -0.2) is 17.9 Å². The van der Waals surface area contributed by atoms with Gasteiger partial charge in [0.1, 0.15) is 11.6 Å². The van der Waals surface area contributed by atoms with E-state index in [0.29, 0.717) is 28.6 Å². The number of hydrogen-bond donors (Lipinski definition) is 1. The second kappa shape index (κ2) is 8.03. The van der Waals surface area contributed by atoms with Crippen LogP contribution in [0.2, 0.25) is 5.02 Å². The predicted molar refractivity (Wildman–Crippen MR) is 112 cm³/mol. The molecule has 5 nitrogen and oxygen atoms in total. The largest absolute Gasteiger partial charge is 0.479 e. The molecule has 2 amide bonds. The number of rotatable bonds is 4. The average Bonchev–Trinajstić information content (AvgIpc) is 2.60. The van der Waals surface area contributed by atoms with E-state index in [1.54, 1.807) is 36.1 Å². The fourth-order valence-corrected chi connectivity index (χ4v) is 3.34. The Kier molecular flexibility index (Phi) is 5.85. The maximum atomic E-state index is 13.2. The van der Waals surface area contributed by atoms with E-state index in [0.717, 1.165) is 5.56 Å². The number of carbonyl (C=O) groups is 2. The zero-order chi connectivity index (χ0) is 21.3. The molecule has 0 aliphatic carbocycles. The van der Waals surface area contributed by atoms with Gasteiger partial charge in [-0.05, 0) is 36.1 Å². The normalized spacial score (nSPS) is 16.3. The molecule has 1 aliphatic heterocycles. The topological polar surface area (TPSA) is 58.6 Å². The van der Waals surface area contributed by atoms with Gasteiger partial charge in [0.2, 0.25) is 5.91 Å². The standard InChI is InChI=1S/C22H24ClFN2O3/c1-13-21(28)26(12-14-5-7-15(24)8-6-14)18-9-16(23)17(10-19(18)29-13)25-20(27)11-22(2,3)4/h5-10,13H,11-12H2,1-4H3,(H,25,27). The number of amides is 2. The number of nitrogens with one attached hydrogen (secondary N) is 1. The fourth-order valence-electron chi connectivity index (χ4n) is 3.13. The summed E-state index contributed by atoms with van der Waals surface area (Å²) in [7, 11) is 0. The van der Waals surface area contributed by atoms with E-state index in [2.05, 4.69) is 5.32 Å². The second-order valence-electron chi connectivity index (χ2n) is 8.40. The summed E-state index contributed by atoms with van der Waals surface area (Å²) in [6, 6.07) is 9.21. The Bertz CT molecular complexity index is 938. The quantitative estimate of drug-likeness (QED) is 0.745. The summed E-state index contributed by atoms with van der Waals surface area (Å²) in [5, 5.41) is 3.12. The van der Waals surface area contributed by atoms with Crippen LogP contribution in [0.5, 0.6) is 5.75 Å². The van der Waals surface area contributed by atoms with Gasteiger partial charge in [-0.15, -0.1) is 0 Å². The summed E-state index contributed by atoms with van der Waals surface area (Å²) in [5.74, 6) is -0.256. The summed E-state index contributed by atoms with van der Waals surface area (Å²) in [4.78, 5) is 26.6. The van der Waals surface area contributed by atoms with Gasteiger partial charge >= 0.3 is 0 Å². The van der Waals surface area contributed by atoms with Gasteiger partial charge in [0, 0.05) is 12.5 Å². The number of anilines is 2. The van der Waals surface area contributed by atoms with Crippen LogP contribution < -0.4 is 15.0 Å². The van der Waals surface area contributed by atoms with Crippen molar-refractivity contribution in [2.45, 2.75) is 46.8 Å². The van der Waals surface area contributed by atoms with Crippen LogP contribution in [-0.2, 0) is 16.1 Å². The first-order valence-electron chi connectivity index (χ1n) is 9.39. The molecule has 0 aromatic heterocycles. The minimum Gasteiger partial charge on any atom is -0.479 e. The van der Waals surface area contributed by atoms with Crippen molar-refractivity contribution in [2.24, 2.45) is 5.41 Å². The van der Waals surface area contributed by atoms with Crippen LogP contribution in [0.4, 0.5) is 15.8 Å². The van der Waals surface area contributed by atoms with E-state index >= 15 is 0 Å². The minimum atomic E-state index is -0.692. The van der Waals surface area contributed by atoms with E-state index < -0.39 is 6.10 Å². The van der Waals surface area contributed by atoms with Gasteiger partial charge in [-0.1, -0.05) is 44.5 Å². The van der Waals surface area contributed by atoms with Crippen molar-refractivity contribution in [1.29, 1.82) is 0 Å². The first kappa shape index (κ1) is 21.1. The molecule has 2 aromatic rings. The lowest BCUT2D eigenvalue weighted by atomic mass is 9.92. The zero-order valence-corrected chi connectivity index (χ0v) is 17.6. The van der Waals surface area contributed by atoms with Gasteiger partial charge in [0.25, 0.3) is 5.91 Å². The van der Waals surface area contributed by atoms with Crippen LogP contribution in [0.15, 0.2) is 36.4 Å². The Balaban J connectivity index is 1.90. The molecule has 7 heteroatoms. The molecule has 0 saturated carbocycles. The van der Waals surface area contributed by atoms with Crippen LogP contribution in [0.25, 0.3) is 0 Å². The van der Waals surface area contributed by atoms with E-state index in [9.17, 15) is 14.0 Å². The van der Waals surface area contributed by atoms with Crippen LogP contribution in [0.3, 0.4) is 0 Å². The number of fused-ring (bicyclic) bond motifs is 1. The third-order valence-corrected chi connectivity index (χ3v) is 4.79. The summed E-state index contributed by atoms with van der Waals surface area (Å²) in [5.41, 5.74) is 1.56. The highest BCUT2D eigenvalue weighted by molar-refractivity contribution is 6.34. The number of carbonyl (C=O) groups excluding carboxylic acids is 2. The number of halogens is 2. The summed E-state index contributed by atoms with van der Waals surface area (Å²) in [6.45, 7) is 7.85. The lowest BCUT2D eigenvalue weighted by Crippen LogP contribution is -2.44. The molecular formula is C22H24ClFN2O3. The van der Waals surface area contributed by atoms with E-state index in [4.69, 9.17) is 16.3 Å². The van der Waals surface area contributed by atoms with Crippen LogP contribution in [0, 0.1) is 11.2 Å². The molecule has 1 N–H and O–H groups in total. The maximum Gasteiger partial charge on any atom is 0.268 e. The minimum absolute atomic E-state index is 0.151. The van der Waals surface area contributed by atoms with E-state index in [1.165, 1.54) is 12.1 Å². The highest BCUT2D eigenvalue weighted by Crippen LogP contribution is 2.41. The van der Waals surface area contributed by atoms with Crippen LogP contribution in [0.1, 0.15) is 39.7 Å². The molecule has 0 saturated heterocycles. The SMILES string of the molecule is CC1Oc2cc(NC(=O)CC(C)(C)C)c(Cl)cc2N(Cc2ccc(F)cc2)C1=O. The smallest absolute Gasteiger partial charge is 0.268 e. The number of benzene rings is 2. The molecule has 1 atom stereocenters. The van der Waals surface area contributed by atoms with E-state index in [-0.39, 0.29) is 29.6 Å². The van der Waals surface area contributed by atoms with Crippen molar-refractivity contribution in [3.8, 4) is 5.75 Å². The zero-order valence-electron chi connectivity index (χ0n) is 16.9. The summed E-state index contributed by atoms with van der Waals surface area (Å²) >= 11 is 6.39. The van der Waals surface area contributed by atoms with Crippen LogP contribution >= 0.6 is 11.6 Å². The third kappa shape index (κ3) is 5.07. The monoisotopic (exact) mass is 418 g/mol. The van der Waals surface area contributed by atoms with Crippen molar-refractivity contribution in [3.63, 3.8) is 0 Å². The van der Waals surface area contributed by atoms with Gasteiger partial charge < -0.3 is 15.0 Å². The average molecular weight is 419 g/mol. The van der Waals surface area contributed by atoms with E-state index in [1.807, 2.05) is 20.8 Å². The number of ether oxygens (including phenoxy) is 1. The molecule has 0 radical (unpaired) electrons. The van der Waals surface area contributed by atoms with Crippen molar-refractivity contribution >= 4 is 34.8 Å². The Morgan fingerprint density at radius 1 is 1.24 bits per heavy atom. The Morgan fingerprint density at radius 2 is 1.90 bits per heavy atom. The molecule has 0 fully saturated rings. The number of hydrogen-bond acceptors (Lipinski definition) is 3. The van der Waals surface area contributed by atoms with Gasteiger partial charge in [0.05, 0.1) is 22.9 Å². The molecule has 2 aromatic carbocycles. The lowest BCUT2D eigenvalue weighted by Gasteiger charge is -2.33. The molecule has 3 rings (SSSR count). The maximum absolute atomic E-state index is 13.2. The molecule has 29 heavy (non-hydrogen) atoms. The molecule has 154 valence electrons. The first-order chi connectivity index (χ1) is 13.5. The van der Waals surface area contributed by atoms with Crippen molar-refractivity contribution < 1.29 is 18.7 Å². The predicted octanol–water partition coefficient (Wildman–Crippen LogP) is 5.17. The Hall–Kier alpha value is -2.60. The lowest BCUT2D eigenvalue weighted by molar-refractivity contribution is -0.125. The van der Waals surface area contributed by atoms with Crippen molar-refractivity contribution in [2.75, 3.05) is 10.2 Å². The first-order valence-corrected chi connectivity index (χ1v) is 9.77. The van der Waals surface area contributed by atoms with Gasteiger partial charge in [-0.25, -0.2) is 4.39 Å². The summed E-state index contributed by atoms with van der Waals surface area (Å²) in [6.07, 6.45) is -0.352. The van der Waals surface area contributed by atoms with Crippen molar-refractivity contribution in [3.05, 3.63) is 52.8 Å². The van der Waals surface area contributed by atoms with Gasteiger partial charge in [-0.2, -0.15) is 0 Å². The van der Waals surface area contributed by atoms with Crippen molar-refractivity contribution in [1.82, 2.24) is 0 Å². The highest BCUT2D eigenvalue weighted by atomic mass is 35.5. The number of nitrogens with zero attached hydrogens (tertiary/aromatic N) is 1. The second-order valence-corrected chi connectivity index (χ2v) is 8.80. The molecule has 0 spiro atoms. The highest BCUT2D eigenvalue weighted by Gasteiger charge is 2.32. The fraction of sp³-hybridized carbons (Fsp3) is 0.364. The molecule has 1 heterocycles. The third-order valence-electron chi connectivity index (χ3n) is 4.48. The molecule has 0 bridgehead atoms. The molecular weight excluding hydrogens is 395 g/mol.